The van der Waals surface area contributed by atoms with Crippen LogP contribution in [0, 0.1) is 11.8 Å². The second-order valence-electron chi connectivity index (χ2n) is 11.7. The molecular formula is C29H46N6O4. The van der Waals surface area contributed by atoms with Crippen molar-refractivity contribution in [1.29, 1.82) is 0 Å². The van der Waals surface area contributed by atoms with Gasteiger partial charge in [-0.3, -0.25) is 9.59 Å². The van der Waals surface area contributed by atoms with Crippen molar-refractivity contribution < 1.29 is 18.7 Å². The van der Waals surface area contributed by atoms with Gasteiger partial charge in [-0.2, -0.15) is 0 Å². The third-order valence-corrected chi connectivity index (χ3v) is 6.96. The molecule has 0 aliphatic carbocycles. The zero-order valence-electron chi connectivity index (χ0n) is 23.3. The van der Waals surface area contributed by atoms with Crippen LogP contribution in [-0.4, -0.2) is 83.6 Å². The van der Waals surface area contributed by atoms with Gasteiger partial charge in [-0.15, -0.1) is 0 Å². The Kier molecular flexibility index (Phi) is 10.5. The maximum Gasteiger partial charge on any atom is 0.259 e. The van der Waals surface area contributed by atoms with E-state index in [1.54, 1.807) is 12.5 Å². The van der Waals surface area contributed by atoms with E-state index in [1.807, 2.05) is 42.7 Å². The van der Waals surface area contributed by atoms with Crippen LogP contribution >= 0.6 is 0 Å². The first-order valence-electron chi connectivity index (χ1n) is 13.7. The molecule has 2 aromatic heterocycles. The first kappa shape index (κ1) is 30.6. The van der Waals surface area contributed by atoms with Crippen LogP contribution in [-0.2, 0) is 21.5 Å². The van der Waals surface area contributed by atoms with Crippen LogP contribution in [0.15, 0.2) is 29.0 Å². The highest BCUT2D eigenvalue weighted by Crippen LogP contribution is 2.26. The van der Waals surface area contributed by atoms with Gasteiger partial charge in [0, 0.05) is 50.4 Å². The highest BCUT2D eigenvalue weighted by atomic mass is 16.5. The van der Waals surface area contributed by atoms with Crippen molar-refractivity contribution in [3.63, 3.8) is 0 Å². The Bertz CT molecular complexity index is 1080. The molecule has 0 unspecified atom stereocenters. The summed E-state index contributed by atoms with van der Waals surface area (Å²) in [5, 5.41) is 6.73. The molecule has 4 heterocycles. The van der Waals surface area contributed by atoms with E-state index >= 15 is 0 Å². The summed E-state index contributed by atoms with van der Waals surface area (Å²) >= 11 is 0. The van der Waals surface area contributed by atoms with E-state index in [9.17, 15) is 9.59 Å². The fraction of sp³-hybridized carbons (Fsp3) is 0.655. The smallest absolute Gasteiger partial charge is 0.259 e. The average Bonchev–Trinajstić information content (AvgIpc) is 3.43. The Morgan fingerprint density at radius 1 is 1.23 bits per heavy atom. The summed E-state index contributed by atoms with van der Waals surface area (Å²) in [4.78, 5) is 40.5. The van der Waals surface area contributed by atoms with Crippen molar-refractivity contribution in [1.82, 2.24) is 25.1 Å². The molecule has 0 bridgehead atoms. The fourth-order valence-electron chi connectivity index (χ4n) is 4.95. The topological polar surface area (TPSA) is 113 Å². The first-order chi connectivity index (χ1) is 18.1. The molecule has 0 saturated carbocycles. The molecule has 0 aromatic carbocycles. The fourth-order valence-corrected chi connectivity index (χ4v) is 4.95. The van der Waals surface area contributed by atoms with Gasteiger partial charge >= 0.3 is 0 Å². The largest absolute Gasteiger partial charge is 0.467 e. The number of hydrogen-bond donors (Lipinski definition) is 2. The Hall–Kier alpha value is -2.98. The monoisotopic (exact) mass is 542 g/mol. The molecule has 2 aliphatic heterocycles. The summed E-state index contributed by atoms with van der Waals surface area (Å²) in [6, 6.07) is 3.59. The molecule has 2 amide bonds. The first-order valence-corrected chi connectivity index (χ1v) is 13.7. The molecule has 10 heteroatoms. The normalized spacial score (nSPS) is 19.9. The third-order valence-electron chi connectivity index (χ3n) is 6.96. The van der Waals surface area contributed by atoms with Gasteiger partial charge in [-0.05, 0) is 24.5 Å². The molecule has 0 spiro atoms. The second-order valence-corrected chi connectivity index (χ2v) is 11.7. The summed E-state index contributed by atoms with van der Waals surface area (Å²) in [7, 11) is 0. The molecule has 2 N–H and O–H groups in total. The average molecular weight is 543 g/mol. The number of aromatic nitrogens is 2. The number of carbonyl (C=O) groups is 2. The summed E-state index contributed by atoms with van der Waals surface area (Å²) in [5.41, 5.74) is 0.146. The molecule has 2 aromatic rings. The van der Waals surface area contributed by atoms with Gasteiger partial charge in [0.1, 0.15) is 23.0 Å². The molecule has 2 atom stereocenters. The minimum atomic E-state index is -0.277. The van der Waals surface area contributed by atoms with E-state index in [1.165, 1.54) is 0 Å². The molecule has 216 valence electrons. The molecule has 39 heavy (non-hydrogen) atoms. The number of rotatable bonds is 8. The van der Waals surface area contributed by atoms with E-state index in [0.29, 0.717) is 76.1 Å². The summed E-state index contributed by atoms with van der Waals surface area (Å²) in [6.07, 6.45) is 3.89. The number of morpholine rings is 1. The number of piperidine rings is 1. The van der Waals surface area contributed by atoms with E-state index < -0.39 is 0 Å². The van der Waals surface area contributed by atoms with Gasteiger partial charge in [0.25, 0.3) is 5.91 Å². The summed E-state index contributed by atoms with van der Waals surface area (Å²) < 4.78 is 10.9. The standard InChI is InChI=1S/C28H42N6O4.CH4/c1-19(2)18-34(21-13-20(14-29-15-21)25(35)33-8-11-37-12-9-33)26(36)23-17-31-27(28(3,4)5)32-24(23)30-16-22-7-6-10-38-22;/h6-7,10,17,19-21,29H,8-9,11-16,18H2,1-5H3,(H,30,31,32);1H4/t20-,21-;/m0./s1. The number of ether oxygens (including phenoxy) is 1. The number of hydrogen-bond acceptors (Lipinski definition) is 8. The van der Waals surface area contributed by atoms with Crippen molar-refractivity contribution in [2.75, 3.05) is 51.3 Å². The van der Waals surface area contributed by atoms with Gasteiger partial charge in [-0.25, -0.2) is 9.97 Å². The summed E-state index contributed by atoms with van der Waals surface area (Å²) in [5.74, 6) is 1.98. The van der Waals surface area contributed by atoms with E-state index in [4.69, 9.17) is 14.1 Å². The van der Waals surface area contributed by atoms with E-state index in [0.717, 1.165) is 5.76 Å². The van der Waals surface area contributed by atoms with Crippen LogP contribution in [0.4, 0.5) is 5.82 Å². The van der Waals surface area contributed by atoms with Gasteiger partial charge < -0.3 is 29.6 Å². The van der Waals surface area contributed by atoms with Crippen LogP contribution in [0.2, 0.25) is 0 Å². The predicted octanol–water partition coefficient (Wildman–Crippen LogP) is 3.55. The molecule has 10 nitrogen and oxygen atoms in total. The van der Waals surface area contributed by atoms with Gasteiger partial charge in [0.2, 0.25) is 5.91 Å². The Labute approximate surface area is 232 Å². The van der Waals surface area contributed by atoms with Crippen molar-refractivity contribution in [3.8, 4) is 0 Å². The van der Waals surface area contributed by atoms with E-state index in [-0.39, 0.29) is 42.5 Å². The molecule has 4 rings (SSSR count). The van der Waals surface area contributed by atoms with Crippen LogP contribution in [0.1, 0.15) is 70.4 Å². The van der Waals surface area contributed by atoms with Gasteiger partial charge in [-0.1, -0.05) is 42.0 Å². The lowest BCUT2D eigenvalue weighted by Crippen LogP contribution is -2.56. The van der Waals surface area contributed by atoms with Crippen molar-refractivity contribution in [3.05, 3.63) is 41.7 Å². The summed E-state index contributed by atoms with van der Waals surface area (Å²) in [6.45, 7) is 15.0. The Balaban J connectivity index is 0.00000420. The molecule has 2 fully saturated rings. The molecule has 2 aliphatic rings. The quantitative estimate of drug-likeness (QED) is 0.521. The zero-order chi connectivity index (χ0) is 27.3. The Morgan fingerprint density at radius 2 is 1.97 bits per heavy atom. The number of furan rings is 1. The van der Waals surface area contributed by atoms with Gasteiger partial charge in [0.05, 0.1) is 31.9 Å². The lowest BCUT2D eigenvalue weighted by atomic mass is 9.92. The maximum atomic E-state index is 14.1. The number of carbonyl (C=O) groups excluding carboxylic acids is 2. The lowest BCUT2D eigenvalue weighted by molar-refractivity contribution is -0.140. The zero-order valence-corrected chi connectivity index (χ0v) is 23.3. The lowest BCUT2D eigenvalue weighted by Gasteiger charge is -2.40. The van der Waals surface area contributed by atoms with Crippen LogP contribution in [0.3, 0.4) is 0 Å². The van der Waals surface area contributed by atoms with Crippen LogP contribution < -0.4 is 10.6 Å². The highest BCUT2D eigenvalue weighted by Gasteiger charge is 2.36. The molecular weight excluding hydrogens is 496 g/mol. The number of anilines is 1. The minimum absolute atomic E-state index is 0. The Morgan fingerprint density at radius 3 is 2.62 bits per heavy atom. The van der Waals surface area contributed by atoms with Gasteiger partial charge in [0.15, 0.2) is 0 Å². The second kappa shape index (κ2) is 13.4. The predicted molar refractivity (Wildman–Crippen MR) is 152 cm³/mol. The van der Waals surface area contributed by atoms with E-state index in [2.05, 4.69) is 29.5 Å². The minimum Gasteiger partial charge on any atom is -0.467 e. The number of amides is 2. The van der Waals surface area contributed by atoms with Crippen molar-refractivity contribution >= 4 is 17.6 Å². The maximum absolute atomic E-state index is 14.1. The SMILES string of the molecule is C.CC(C)CN(C(=O)c1cnc(C(C)(C)C)nc1NCc1ccco1)[C@@H]1CNC[C@@H](C(=O)N2CCOCC2)C1. The van der Waals surface area contributed by atoms with Crippen LogP contribution in [0.25, 0.3) is 0 Å². The number of nitrogens with zero attached hydrogens (tertiary/aromatic N) is 4. The van der Waals surface area contributed by atoms with Crippen molar-refractivity contribution in [2.24, 2.45) is 11.8 Å². The molecule has 2 saturated heterocycles. The number of nitrogens with one attached hydrogen (secondary N) is 2. The molecule has 0 radical (unpaired) electrons. The highest BCUT2D eigenvalue weighted by molar-refractivity contribution is 5.98. The van der Waals surface area contributed by atoms with Crippen molar-refractivity contribution in [2.45, 2.75) is 66.5 Å². The van der Waals surface area contributed by atoms with Crippen LogP contribution in [0.5, 0.6) is 0 Å². The third kappa shape index (κ3) is 7.79.